The summed E-state index contributed by atoms with van der Waals surface area (Å²) in [6.45, 7) is 4.67. The molecular formula is C4H11BNO2S. The lowest BCUT2D eigenvalue weighted by Crippen LogP contribution is -2.34. The molecule has 0 rings (SSSR count). The average Bonchev–Trinajstić information content (AvgIpc) is 1.25. The summed E-state index contributed by atoms with van der Waals surface area (Å²) < 4.78 is 20.0. The molecule has 0 fully saturated rings. The summed E-state index contributed by atoms with van der Waals surface area (Å²) in [5.74, 6) is 0. The van der Waals surface area contributed by atoms with Crippen molar-refractivity contribution in [2.24, 2.45) is 5.14 Å². The zero-order valence-corrected chi connectivity index (χ0v) is 6.70. The van der Waals surface area contributed by atoms with Gasteiger partial charge in [-0.2, -0.15) is 0 Å². The summed E-state index contributed by atoms with van der Waals surface area (Å²) in [5, 5.41) is 4.78. The van der Waals surface area contributed by atoms with Crippen molar-refractivity contribution in [3.8, 4) is 0 Å². The summed E-state index contributed by atoms with van der Waals surface area (Å²) >= 11 is 0. The third kappa shape index (κ3) is 3.53. The van der Waals surface area contributed by atoms with Crippen molar-refractivity contribution in [3.05, 3.63) is 0 Å². The molecule has 5 heteroatoms. The third-order valence-electron chi connectivity index (χ3n) is 0.854. The molecule has 0 saturated carbocycles. The molecule has 0 spiro atoms. The van der Waals surface area contributed by atoms with Gasteiger partial charge in [0.15, 0.2) is 0 Å². The Bertz CT molecular complexity index is 167. The molecule has 3 radical (unpaired) electrons. The van der Waals surface area contributed by atoms with Crippen LogP contribution in [0.2, 0.25) is 0 Å². The van der Waals surface area contributed by atoms with Crippen LogP contribution in [-0.2, 0) is 10.0 Å². The van der Waals surface area contributed by atoms with Crippen LogP contribution in [0.1, 0.15) is 20.8 Å². The van der Waals surface area contributed by atoms with Crippen molar-refractivity contribution in [3.63, 3.8) is 0 Å². The maximum absolute atomic E-state index is 10.4. The fourth-order valence-corrected chi connectivity index (χ4v) is 0. The number of hydrogen-bond acceptors (Lipinski definition) is 2. The van der Waals surface area contributed by atoms with Crippen molar-refractivity contribution in [2.45, 2.75) is 25.5 Å². The first-order valence-corrected chi connectivity index (χ1v) is 3.82. The van der Waals surface area contributed by atoms with Gasteiger partial charge < -0.3 is 0 Å². The Morgan fingerprint density at radius 3 is 1.33 bits per heavy atom. The molecule has 0 aromatic rings. The first-order valence-electron chi connectivity index (χ1n) is 2.27. The Balaban J connectivity index is 0. The minimum absolute atomic E-state index is 0. The number of hydrogen-bond donors (Lipinski definition) is 1. The molecule has 0 unspecified atom stereocenters. The smallest absolute Gasteiger partial charge is 0.214 e. The second-order valence-electron chi connectivity index (χ2n) is 2.66. The van der Waals surface area contributed by atoms with Crippen molar-refractivity contribution >= 4 is 18.4 Å². The lowest BCUT2D eigenvalue weighted by Gasteiger charge is -2.13. The Morgan fingerprint density at radius 1 is 1.22 bits per heavy atom. The number of rotatable bonds is 0. The predicted molar refractivity (Wildman–Crippen MR) is 38.6 cm³/mol. The Hall–Kier alpha value is -0.0251. The molecule has 0 aliphatic heterocycles. The molecule has 9 heavy (non-hydrogen) atoms. The molecule has 0 aromatic carbocycles. The molecule has 53 valence electrons. The summed E-state index contributed by atoms with van der Waals surface area (Å²) in [6.07, 6.45) is 0. The van der Waals surface area contributed by atoms with E-state index in [0.717, 1.165) is 0 Å². The van der Waals surface area contributed by atoms with Gasteiger partial charge in [0.2, 0.25) is 10.0 Å². The number of nitrogens with two attached hydrogens (primary N) is 1. The third-order valence-corrected chi connectivity index (χ3v) is 2.56. The fraction of sp³-hybridized carbons (Fsp3) is 1.00. The minimum atomic E-state index is -3.34. The molecular weight excluding hydrogens is 137 g/mol. The van der Waals surface area contributed by atoms with Gasteiger partial charge in [0, 0.05) is 8.41 Å². The van der Waals surface area contributed by atoms with E-state index in [1.54, 1.807) is 20.8 Å². The van der Waals surface area contributed by atoms with Gasteiger partial charge >= 0.3 is 0 Å². The van der Waals surface area contributed by atoms with E-state index in [1.165, 1.54) is 0 Å². The fourth-order valence-electron chi connectivity index (χ4n) is 0. The van der Waals surface area contributed by atoms with E-state index in [4.69, 9.17) is 5.14 Å². The van der Waals surface area contributed by atoms with Gasteiger partial charge in [0.1, 0.15) is 0 Å². The van der Waals surface area contributed by atoms with E-state index < -0.39 is 14.8 Å². The molecule has 0 atom stereocenters. The highest BCUT2D eigenvalue weighted by Crippen LogP contribution is 2.09. The SMILES string of the molecule is CC(C)(C)S(N)(=O)=O.[B]. The molecule has 0 aliphatic rings. The molecule has 0 heterocycles. The highest BCUT2D eigenvalue weighted by Gasteiger charge is 2.23. The Labute approximate surface area is 58.3 Å². The number of primary sulfonamides is 1. The maximum atomic E-state index is 10.4. The van der Waals surface area contributed by atoms with Gasteiger partial charge in [0.25, 0.3) is 0 Å². The minimum Gasteiger partial charge on any atom is -0.228 e. The van der Waals surface area contributed by atoms with Crippen LogP contribution in [0.3, 0.4) is 0 Å². The van der Waals surface area contributed by atoms with Crippen LogP contribution in [0, 0.1) is 0 Å². The zero-order valence-electron chi connectivity index (χ0n) is 5.88. The molecule has 3 nitrogen and oxygen atoms in total. The van der Waals surface area contributed by atoms with Crippen LogP contribution < -0.4 is 5.14 Å². The van der Waals surface area contributed by atoms with Crippen LogP contribution in [-0.4, -0.2) is 21.6 Å². The molecule has 0 amide bonds. The largest absolute Gasteiger partial charge is 0.228 e. The molecule has 2 N–H and O–H groups in total. The van der Waals surface area contributed by atoms with Crippen LogP contribution in [0.25, 0.3) is 0 Å². The van der Waals surface area contributed by atoms with Gasteiger partial charge in [0.05, 0.1) is 4.75 Å². The van der Waals surface area contributed by atoms with Gasteiger partial charge in [-0.3, -0.25) is 0 Å². The van der Waals surface area contributed by atoms with Gasteiger partial charge in [-0.05, 0) is 20.8 Å². The van der Waals surface area contributed by atoms with Crippen LogP contribution in [0.15, 0.2) is 0 Å². The number of sulfonamides is 1. The average molecular weight is 148 g/mol. The topological polar surface area (TPSA) is 60.2 Å². The molecule has 0 bridgehead atoms. The lowest BCUT2D eigenvalue weighted by molar-refractivity contribution is 0.562. The van der Waals surface area contributed by atoms with E-state index in [1.807, 2.05) is 0 Å². The highest BCUT2D eigenvalue weighted by atomic mass is 32.2. The maximum Gasteiger partial charge on any atom is 0.214 e. The monoisotopic (exact) mass is 148 g/mol. The quantitative estimate of drug-likeness (QED) is 0.479. The van der Waals surface area contributed by atoms with E-state index >= 15 is 0 Å². The summed E-state index contributed by atoms with van der Waals surface area (Å²) in [6, 6.07) is 0. The van der Waals surface area contributed by atoms with Crippen molar-refractivity contribution in [1.82, 2.24) is 0 Å². The molecule has 0 aromatic heterocycles. The van der Waals surface area contributed by atoms with Crippen LogP contribution in [0.4, 0.5) is 0 Å². The van der Waals surface area contributed by atoms with Gasteiger partial charge in [-0.15, -0.1) is 0 Å². The first kappa shape index (κ1) is 11.7. The summed E-state index contributed by atoms with van der Waals surface area (Å²) in [4.78, 5) is 0. The van der Waals surface area contributed by atoms with E-state index in [9.17, 15) is 8.42 Å². The van der Waals surface area contributed by atoms with Crippen LogP contribution >= 0.6 is 0 Å². The summed E-state index contributed by atoms with van der Waals surface area (Å²) in [7, 11) is -3.34. The molecule has 0 aliphatic carbocycles. The predicted octanol–water partition coefficient (Wildman–Crippen LogP) is -0.307. The van der Waals surface area contributed by atoms with Crippen molar-refractivity contribution < 1.29 is 8.42 Å². The Morgan fingerprint density at radius 2 is 1.33 bits per heavy atom. The van der Waals surface area contributed by atoms with Crippen LogP contribution in [0.5, 0.6) is 0 Å². The summed E-state index contributed by atoms with van der Waals surface area (Å²) in [5.41, 5.74) is 0. The first-order chi connectivity index (χ1) is 3.25. The van der Waals surface area contributed by atoms with Crippen molar-refractivity contribution in [2.75, 3.05) is 0 Å². The van der Waals surface area contributed by atoms with E-state index in [2.05, 4.69) is 0 Å². The van der Waals surface area contributed by atoms with E-state index in [-0.39, 0.29) is 8.41 Å². The second-order valence-corrected chi connectivity index (χ2v) is 4.97. The van der Waals surface area contributed by atoms with E-state index in [0.29, 0.717) is 0 Å². The molecule has 0 saturated heterocycles. The normalized spacial score (nSPS) is 12.4. The van der Waals surface area contributed by atoms with Gasteiger partial charge in [-0.25, -0.2) is 13.6 Å². The second kappa shape index (κ2) is 2.71. The van der Waals surface area contributed by atoms with Gasteiger partial charge in [-0.1, -0.05) is 0 Å². The standard InChI is InChI=1S/C4H11NO2S.B/c1-4(2,3)8(5,6)7;/h1-3H3,(H2,5,6,7);. The van der Waals surface area contributed by atoms with Crippen molar-refractivity contribution in [1.29, 1.82) is 0 Å². The zero-order chi connectivity index (χ0) is 7.00. The Kier molecular flexibility index (Phi) is 3.53. The highest BCUT2D eigenvalue weighted by molar-refractivity contribution is 7.90. The lowest BCUT2D eigenvalue weighted by atomic mass is 10.3.